The Kier molecular flexibility index (Phi) is 4.76. The third kappa shape index (κ3) is 3.74. The van der Waals surface area contributed by atoms with Gasteiger partial charge in [0.05, 0.1) is 11.7 Å². The molecule has 0 radical (unpaired) electrons. The average molecular weight is 322 g/mol. The average Bonchev–Trinajstić information content (AvgIpc) is 2.96. The highest BCUT2D eigenvalue weighted by Gasteiger charge is 2.16. The molecule has 0 saturated heterocycles. The van der Waals surface area contributed by atoms with Gasteiger partial charge in [0, 0.05) is 27.6 Å². The molecular weight excluding hydrogens is 302 g/mol. The van der Waals surface area contributed by atoms with Gasteiger partial charge in [0.15, 0.2) is 0 Å². The first-order valence-electron chi connectivity index (χ1n) is 7.44. The maximum absolute atomic E-state index is 5.98. The van der Waals surface area contributed by atoms with Crippen molar-refractivity contribution in [2.75, 3.05) is 5.73 Å². The van der Waals surface area contributed by atoms with E-state index in [4.69, 9.17) is 22.4 Å². The van der Waals surface area contributed by atoms with Crippen molar-refractivity contribution >= 4 is 29.1 Å². The van der Waals surface area contributed by atoms with Crippen LogP contribution in [0.15, 0.2) is 35.4 Å². The summed E-state index contributed by atoms with van der Waals surface area (Å²) in [4.78, 5) is 1.06. The zero-order valence-electron chi connectivity index (χ0n) is 12.0. The lowest BCUT2D eigenvalue weighted by Gasteiger charge is -2.21. The number of nitrogens with zero attached hydrogens (tertiary/aromatic N) is 2. The van der Waals surface area contributed by atoms with Gasteiger partial charge in [0.25, 0.3) is 0 Å². The Morgan fingerprint density at radius 2 is 2.05 bits per heavy atom. The summed E-state index contributed by atoms with van der Waals surface area (Å²) >= 11 is 7.63. The maximum Gasteiger partial charge on any atom is 0.0727 e. The number of rotatable bonds is 4. The molecule has 1 aliphatic rings. The first-order chi connectivity index (χ1) is 10.2. The zero-order chi connectivity index (χ0) is 14.7. The van der Waals surface area contributed by atoms with Gasteiger partial charge < -0.3 is 5.73 Å². The minimum Gasteiger partial charge on any atom is -0.398 e. The topological polar surface area (TPSA) is 43.8 Å². The van der Waals surface area contributed by atoms with Gasteiger partial charge in [0.2, 0.25) is 0 Å². The van der Waals surface area contributed by atoms with Crippen LogP contribution in [-0.4, -0.2) is 9.78 Å². The standard InChI is InChI=1S/C16H20ClN3S/c17-12-6-7-16(15(18)10-12)21-11-13-8-9-20(19-13)14-4-2-1-3-5-14/h6-10,14H,1-5,11,18H2. The molecule has 0 aliphatic heterocycles. The van der Waals surface area contributed by atoms with E-state index in [9.17, 15) is 0 Å². The van der Waals surface area contributed by atoms with E-state index in [1.807, 2.05) is 12.1 Å². The molecule has 0 bridgehead atoms. The van der Waals surface area contributed by atoms with Crippen LogP contribution in [0.4, 0.5) is 5.69 Å². The molecule has 1 aromatic heterocycles. The molecule has 3 nitrogen and oxygen atoms in total. The Labute approximate surface area is 134 Å². The Hall–Kier alpha value is -1.13. The predicted octanol–water partition coefficient (Wildman–Crippen LogP) is 4.92. The Morgan fingerprint density at radius 3 is 2.81 bits per heavy atom. The Morgan fingerprint density at radius 1 is 1.24 bits per heavy atom. The van der Waals surface area contributed by atoms with Crippen molar-refractivity contribution in [3.8, 4) is 0 Å². The van der Waals surface area contributed by atoms with E-state index >= 15 is 0 Å². The van der Waals surface area contributed by atoms with Crippen LogP contribution in [0.3, 0.4) is 0 Å². The molecular formula is C16H20ClN3S. The van der Waals surface area contributed by atoms with Gasteiger partial charge in [-0.25, -0.2) is 0 Å². The monoisotopic (exact) mass is 321 g/mol. The van der Waals surface area contributed by atoms with Crippen LogP contribution in [0.25, 0.3) is 0 Å². The van der Waals surface area contributed by atoms with Crippen molar-refractivity contribution in [3.05, 3.63) is 41.2 Å². The van der Waals surface area contributed by atoms with E-state index < -0.39 is 0 Å². The fourth-order valence-corrected chi connectivity index (χ4v) is 3.83. The second-order valence-corrected chi connectivity index (χ2v) is 7.00. The van der Waals surface area contributed by atoms with Gasteiger partial charge in [-0.1, -0.05) is 30.9 Å². The van der Waals surface area contributed by atoms with Crippen molar-refractivity contribution in [1.82, 2.24) is 9.78 Å². The second-order valence-electron chi connectivity index (χ2n) is 5.55. The quantitative estimate of drug-likeness (QED) is 0.642. The lowest BCUT2D eigenvalue weighted by molar-refractivity contribution is 0.328. The summed E-state index contributed by atoms with van der Waals surface area (Å²) in [6, 6.07) is 8.36. The number of benzene rings is 1. The highest BCUT2D eigenvalue weighted by atomic mass is 35.5. The molecule has 2 aromatic rings. The third-order valence-electron chi connectivity index (χ3n) is 3.96. The van der Waals surface area contributed by atoms with Crippen LogP contribution in [0, 0.1) is 0 Å². The number of halogens is 1. The van der Waals surface area contributed by atoms with E-state index in [1.165, 1.54) is 32.1 Å². The predicted molar refractivity (Wildman–Crippen MR) is 89.8 cm³/mol. The number of hydrogen-bond acceptors (Lipinski definition) is 3. The Balaban J connectivity index is 1.61. The Bertz CT molecular complexity index is 605. The summed E-state index contributed by atoms with van der Waals surface area (Å²) in [6.45, 7) is 0. The van der Waals surface area contributed by atoms with Crippen molar-refractivity contribution in [3.63, 3.8) is 0 Å². The number of hydrogen-bond donors (Lipinski definition) is 1. The van der Waals surface area contributed by atoms with Crippen molar-refractivity contribution in [1.29, 1.82) is 0 Å². The zero-order valence-corrected chi connectivity index (χ0v) is 13.5. The van der Waals surface area contributed by atoms with Gasteiger partial charge in [0.1, 0.15) is 0 Å². The van der Waals surface area contributed by atoms with Crippen LogP contribution < -0.4 is 5.73 Å². The van der Waals surface area contributed by atoms with Gasteiger partial charge in [-0.3, -0.25) is 4.68 Å². The molecule has 3 rings (SSSR count). The smallest absolute Gasteiger partial charge is 0.0727 e. The molecule has 21 heavy (non-hydrogen) atoms. The summed E-state index contributed by atoms with van der Waals surface area (Å²) in [7, 11) is 0. The van der Waals surface area contributed by atoms with Gasteiger partial charge in [-0.15, -0.1) is 11.8 Å². The largest absolute Gasteiger partial charge is 0.398 e. The van der Waals surface area contributed by atoms with E-state index in [0.717, 1.165) is 22.0 Å². The molecule has 112 valence electrons. The highest BCUT2D eigenvalue weighted by Crippen LogP contribution is 2.31. The number of nitrogen functional groups attached to an aromatic ring is 1. The van der Waals surface area contributed by atoms with Gasteiger partial charge in [-0.05, 0) is 37.1 Å². The van der Waals surface area contributed by atoms with E-state index in [-0.39, 0.29) is 0 Å². The minimum absolute atomic E-state index is 0.595. The summed E-state index contributed by atoms with van der Waals surface area (Å²) in [5, 5.41) is 5.40. The van der Waals surface area contributed by atoms with Gasteiger partial charge in [-0.2, -0.15) is 5.10 Å². The van der Waals surface area contributed by atoms with Crippen molar-refractivity contribution < 1.29 is 0 Å². The number of anilines is 1. The third-order valence-corrected chi connectivity index (χ3v) is 5.32. The molecule has 2 N–H and O–H groups in total. The minimum atomic E-state index is 0.595. The first kappa shape index (κ1) is 14.8. The van der Waals surface area contributed by atoms with E-state index in [0.29, 0.717) is 11.1 Å². The summed E-state index contributed by atoms with van der Waals surface area (Å²) in [6.07, 6.45) is 8.68. The molecule has 0 unspecified atom stereocenters. The molecule has 1 heterocycles. The highest BCUT2D eigenvalue weighted by molar-refractivity contribution is 7.98. The van der Waals surface area contributed by atoms with Crippen molar-refractivity contribution in [2.45, 2.75) is 48.8 Å². The van der Waals surface area contributed by atoms with Crippen LogP contribution in [0.1, 0.15) is 43.8 Å². The number of nitrogens with two attached hydrogens (primary N) is 1. The van der Waals surface area contributed by atoms with Crippen LogP contribution in [0.5, 0.6) is 0 Å². The van der Waals surface area contributed by atoms with E-state index in [2.05, 4.69) is 16.9 Å². The fourth-order valence-electron chi connectivity index (χ4n) is 2.81. The number of aromatic nitrogens is 2. The molecule has 0 amide bonds. The lowest BCUT2D eigenvalue weighted by atomic mass is 9.96. The molecule has 1 fully saturated rings. The molecule has 1 aromatic carbocycles. The fraction of sp³-hybridized carbons (Fsp3) is 0.438. The molecule has 1 aliphatic carbocycles. The normalized spacial score (nSPS) is 16.2. The van der Waals surface area contributed by atoms with E-state index in [1.54, 1.807) is 17.8 Å². The van der Waals surface area contributed by atoms with Crippen LogP contribution >= 0.6 is 23.4 Å². The van der Waals surface area contributed by atoms with Gasteiger partial charge >= 0.3 is 0 Å². The molecule has 1 saturated carbocycles. The summed E-state index contributed by atoms with van der Waals surface area (Å²) in [5.41, 5.74) is 7.82. The van der Waals surface area contributed by atoms with Crippen LogP contribution in [-0.2, 0) is 5.75 Å². The van der Waals surface area contributed by atoms with Crippen LogP contribution in [0.2, 0.25) is 5.02 Å². The molecule has 5 heteroatoms. The SMILES string of the molecule is Nc1cc(Cl)ccc1SCc1ccn(C2CCCCC2)n1. The summed E-state index contributed by atoms with van der Waals surface area (Å²) < 4.78 is 2.15. The van der Waals surface area contributed by atoms with Crippen molar-refractivity contribution in [2.24, 2.45) is 0 Å². The number of thioether (sulfide) groups is 1. The molecule has 0 spiro atoms. The second kappa shape index (κ2) is 6.75. The maximum atomic E-state index is 5.98. The molecule has 0 atom stereocenters. The first-order valence-corrected chi connectivity index (χ1v) is 8.80. The lowest BCUT2D eigenvalue weighted by Crippen LogP contribution is -2.13. The summed E-state index contributed by atoms with van der Waals surface area (Å²) in [5.74, 6) is 0.839.